The number of amides is 1. The van der Waals surface area contributed by atoms with Gasteiger partial charge in [-0.1, -0.05) is 26.0 Å². The Hall–Kier alpha value is -1.89. The molecule has 1 saturated heterocycles. The summed E-state index contributed by atoms with van der Waals surface area (Å²) in [5.41, 5.74) is 2.22. The first-order valence-electron chi connectivity index (χ1n) is 10.3. The number of hydrogen-bond acceptors (Lipinski definition) is 5. The standard InChI is InChI=1S/C23H33N3O2S/c1-16(2)21(26-12-10-25(4)11-13-26)15-24-23(27)22-14-20(17(3)29-22)18-6-8-19(28-5)9-7-18/h6-9,14,16,21H,10-13,15H2,1-5H3,(H,24,27). The minimum atomic E-state index is 0.0256. The fourth-order valence-electron chi connectivity index (χ4n) is 3.88. The highest BCUT2D eigenvalue weighted by molar-refractivity contribution is 7.14. The number of ether oxygens (including phenoxy) is 1. The van der Waals surface area contributed by atoms with E-state index in [2.05, 4.69) is 42.9 Å². The molecule has 0 spiro atoms. The molecule has 1 aliphatic heterocycles. The summed E-state index contributed by atoms with van der Waals surface area (Å²) in [6.07, 6.45) is 0. The zero-order valence-corrected chi connectivity index (χ0v) is 19.0. The third kappa shape index (κ3) is 5.38. The van der Waals surface area contributed by atoms with E-state index in [0.717, 1.165) is 52.8 Å². The molecule has 3 rings (SSSR count). The van der Waals surface area contributed by atoms with Crippen LogP contribution < -0.4 is 10.1 Å². The highest BCUT2D eigenvalue weighted by Gasteiger charge is 2.25. The van der Waals surface area contributed by atoms with E-state index in [1.54, 1.807) is 18.4 Å². The number of methoxy groups -OCH3 is 1. The number of aryl methyl sites for hydroxylation is 1. The van der Waals surface area contributed by atoms with Crippen LogP contribution in [-0.2, 0) is 0 Å². The van der Waals surface area contributed by atoms with Crippen LogP contribution in [0.1, 0.15) is 28.4 Å². The van der Waals surface area contributed by atoms with Gasteiger partial charge in [-0.25, -0.2) is 0 Å². The molecule has 1 atom stereocenters. The molecule has 0 aliphatic carbocycles. The van der Waals surface area contributed by atoms with Crippen molar-refractivity contribution in [3.63, 3.8) is 0 Å². The number of nitrogens with one attached hydrogen (secondary N) is 1. The Morgan fingerprint density at radius 1 is 1.17 bits per heavy atom. The molecule has 0 saturated carbocycles. The topological polar surface area (TPSA) is 44.8 Å². The predicted molar refractivity (Wildman–Crippen MR) is 121 cm³/mol. The van der Waals surface area contributed by atoms with Crippen molar-refractivity contribution in [2.24, 2.45) is 5.92 Å². The Morgan fingerprint density at radius 2 is 1.83 bits per heavy atom. The number of piperazine rings is 1. The van der Waals surface area contributed by atoms with E-state index < -0.39 is 0 Å². The number of hydrogen-bond donors (Lipinski definition) is 1. The summed E-state index contributed by atoms with van der Waals surface area (Å²) in [5.74, 6) is 1.36. The maximum Gasteiger partial charge on any atom is 0.261 e. The van der Waals surface area contributed by atoms with Crippen LogP contribution in [0.2, 0.25) is 0 Å². The molecule has 1 unspecified atom stereocenters. The number of thiophene rings is 1. The van der Waals surface area contributed by atoms with E-state index in [1.165, 1.54) is 0 Å². The van der Waals surface area contributed by atoms with E-state index >= 15 is 0 Å². The summed E-state index contributed by atoms with van der Waals surface area (Å²) in [5, 5.41) is 3.20. The second-order valence-electron chi connectivity index (χ2n) is 8.17. The third-order valence-electron chi connectivity index (χ3n) is 5.79. The van der Waals surface area contributed by atoms with Gasteiger partial charge in [-0.15, -0.1) is 11.3 Å². The van der Waals surface area contributed by atoms with Gasteiger partial charge in [0.15, 0.2) is 0 Å². The molecule has 1 N–H and O–H groups in total. The Morgan fingerprint density at radius 3 is 2.41 bits per heavy atom. The van der Waals surface area contributed by atoms with Crippen molar-refractivity contribution in [2.45, 2.75) is 26.8 Å². The van der Waals surface area contributed by atoms with Crippen molar-refractivity contribution >= 4 is 17.2 Å². The van der Waals surface area contributed by atoms with Gasteiger partial charge in [-0.2, -0.15) is 0 Å². The largest absolute Gasteiger partial charge is 0.497 e. The zero-order chi connectivity index (χ0) is 21.0. The lowest BCUT2D eigenvalue weighted by Crippen LogP contribution is -2.54. The molecular weight excluding hydrogens is 382 g/mol. The van der Waals surface area contributed by atoms with E-state index in [9.17, 15) is 4.79 Å². The van der Waals surface area contributed by atoms with Crippen LogP contribution in [0.5, 0.6) is 5.75 Å². The molecular formula is C23H33N3O2S. The number of carbonyl (C=O) groups excluding carboxylic acids is 1. The lowest BCUT2D eigenvalue weighted by molar-refractivity contribution is 0.0793. The minimum absolute atomic E-state index is 0.0256. The summed E-state index contributed by atoms with van der Waals surface area (Å²) in [6, 6.07) is 10.4. The summed E-state index contributed by atoms with van der Waals surface area (Å²) in [7, 11) is 3.84. The molecule has 2 heterocycles. The average molecular weight is 416 g/mol. The lowest BCUT2D eigenvalue weighted by Gasteiger charge is -2.39. The van der Waals surface area contributed by atoms with Crippen LogP contribution in [0, 0.1) is 12.8 Å². The first kappa shape index (κ1) is 21.8. The fraction of sp³-hybridized carbons (Fsp3) is 0.522. The van der Waals surface area contributed by atoms with Gasteiger partial charge in [0.1, 0.15) is 5.75 Å². The average Bonchev–Trinajstić information content (AvgIpc) is 3.11. The second-order valence-corrected chi connectivity index (χ2v) is 9.43. The maximum atomic E-state index is 12.9. The van der Waals surface area contributed by atoms with Crippen LogP contribution in [0.15, 0.2) is 30.3 Å². The molecule has 1 aromatic carbocycles. The number of likely N-dealkylation sites (N-methyl/N-ethyl adjacent to an activating group) is 1. The highest BCUT2D eigenvalue weighted by Crippen LogP contribution is 2.32. The van der Waals surface area contributed by atoms with Crippen molar-refractivity contribution in [3.05, 3.63) is 40.1 Å². The van der Waals surface area contributed by atoms with Gasteiger partial charge in [-0.3, -0.25) is 9.69 Å². The van der Waals surface area contributed by atoms with Crippen LogP contribution in [0.3, 0.4) is 0 Å². The Labute approximate surface area is 178 Å². The van der Waals surface area contributed by atoms with Gasteiger partial charge < -0.3 is 15.0 Å². The van der Waals surface area contributed by atoms with Gasteiger partial charge in [0.25, 0.3) is 5.91 Å². The number of carbonyl (C=O) groups is 1. The van der Waals surface area contributed by atoms with Crippen LogP contribution in [0.4, 0.5) is 0 Å². The van der Waals surface area contributed by atoms with Gasteiger partial charge in [0, 0.05) is 43.6 Å². The maximum absolute atomic E-state index is 12.9. The van der Waals surface area contributed by atoms with E-state index in [4.69, 9.17) is 4.74 Å². The molecule has 1 aromatic heterocycles. The summed E-state index contributed by atoms with van der Waals surface area (Å²) in [6.45, 7) is 11.6. The number of benzene rings is 1. The minimum Gasteiger partial charge on any atom is -0.497 e. The smallest absolute Gasteiger partial charge is 0.261 e. The predicted octanol–water partition coefficient (Wildman–Crippen LogP) is 3.73. The van der Waals surface area contributed by atoms with E-state index in [0.29, 0.717) is 18.5 Å². The first-order valence-corrected chi connectivity index (χ1v) is 11.2. The summed E-state index contributed by atoms with van der Waals surface area (Å²) < 4.78 is 5.24. The Bertz CT molecular complexity index is 808. The normalized spacial score (nSPS) is 16.8. The van der Waals surface area contributed by atoms with Crippen molar-refractivity contribution in [1.82, 2.24) is 15.1 Å². The van der Waals surface area contributed by atoms with Crippen LogP contribution in [-0.4, -0.2) is 68.6 Å². The SMILES string of the molecule is COc1ccc(-c2cc(C(=O)NCC(C(C)C)N3CCN(C)CC3)sc2C)cc1. The molecule has 0 radical (unpaired) electrons. The summed E-state index contributed by atoms with van der Waals surface area (Å²) in [4.78, 5) is 19.7. The molecule has 1 amide bonds. The quantitative estimate of drug-likeness (QED) is 0.748. The number of nitrogens with zero attached hydrogens (tertiary/aromatic N) is 2. The van der Waals surface area contributed by atoms with Crippen LogP contribution in [0.25, 0.3) is 11.1 Å². The van der Waals surface area contributed by atoms with Gasteiger partial charge in [0.2, 0.25) is 0 Å². The number of rotatable bonds is 7. The Balaban J connectivity index is 1.65. The molecule has 1 fully saturated rings. The van der Waals surface area contributed by atoms with E-state index in [1.807, 2.05) is 30.3 Å². The highest BCUT2D eigenvalue weighted by atomic mass is 32.1. The van der Waals surface area contributed by atoms with E-state index in [-0.39, 0.29) is 5.91 Å². The van der Waals surface area contributed by atoms with Gasteiger partial charge >= 0.3 is 0 Å². The van der Waals surface area contributed by atoms with Crippen molar-refractivity contribution < 1.29 is 9.53 Å². The molecule has 0 bridgehead atoms. The van der Waals surface area contributed by atoms with Crippen molar-refractivity contribution in [1.29, 1.82) is 0 Å². The Kier molecular flexibility index (Phi) is 7.33. The third-order valence-corrected chi connectivity index (χ3v) is 6.84. The van der Waals surface area contributed by atoms with Gasteiger partial charge in [0.05, 0.1) is 12.0 Å². The van der Waals surface area contributed by atoms with Crippen LogP contribution >= 0.6 is 11.3 Å². The van der Waals surface area contributed by atoms with Crippen molar-refractivity contribution in [3.8, 4) is 16.9 Å². The lowest BCUT2D eigenvalue weighted by atomic mass is 10.0. The second kappa shape index (κ2) is 9.74. The molecule has 158 valence electrons. The molecule has 2 aromatic rings. The molecule has 6 heteroatoms. The van der Waals surface area contributed by atoms with Crippen molar-refractivity contribution in [2.75, 3.05) is 46.9 Å². The van der Waals surface area contributed by atoms with Gasteiger partial charge in [-0.05, 0) is 49.2 Å². The summed E-state index contributed by atoms with van der Waals surface area (Å²) >= 11 is 1.56. The first-order chi connectivity index (χ1) is 13.9. The monoisotopic (exact) mass is 415 g/mol. The fourth-order valence-corrected chi connectivity index (χ4v) is 4.83. The molecule has 1 aliphatic rings. The molecule has 29 heavy (non-hydrogen) atoms. The molecule has 5 nitrogen and oxygen atoms in total. The zero-order valence-electron chi connectivity index (χ0n) is 18.2.